The van der Waals surface area contributed by atoms with Gasteiger partial charge in [0.25, 0.3) is 0 Å². The van der Waals surface area contributed by atoms with Crippen LogP contribution in [0.25, 0.3) is 11.0 Å². The van der Waals surface area contributed by atoms with E-state index in [0.717, 1.165) is 0 Å². The lowest BCUT2D eigenvalue weighted by molar-refractivity contribution is 0.0911. The van der Waals surface area contributed by atoms with Gasteiger partial charge in [0.05, 0.1) is 0 Å². The Kier molecular flexibility index (Phi) is 2.53. The number of benzene rings is 2. The standard InChI is InChI=1S/C16H10N4O2/c17-13-14(20-18-11-7-3-4-8-12(11)19-20)16(22)10-6-2-1-5-9(10)15(13)21/h1-8,14,17H. The highest BCUT2D eigenvalue weighted by atomic mass is 16.1. The number of nitrogens with zero attached hydrogens (tertiary/aromatic N) is 3. The molecule has 1 N–H and O–H groups in total. The van der Waals surface area contributed by atoms with Crippen LogP contribution in [0.15, 0.2) is 48.5 Å². The van der Waals surface area contributed by atoms with Crippen molar-refractivity contribution in [1.82, 2.24) is 15.0 Å². The second-order valence-corrected chi connectivity index (χ2v) is 5.06. The number of ketones is 2. The summed E-state index contributed by atoms with van der Waals surface area (Å²) >= 11 is 0. The highest BCUT2D eigenvalue weighted by Gasteiger charge is 2.39. The molecule has 0 fully saturated rings. The molecule has 0 aliphatic heterocycles. The molecular weight excluding hydrogens is 280 g/mol. The maximum Gasteiger partial charge on any atom is 0.210 e. The van der Waals surface area contributed by atoms with Crippen LogP contribution in [0.4, 0.5) is 0 Å². The van der Waals surface area contributed by atoms with Gasteiger partial charge in [-0.1, -0.05) is 36.4 Å². The summed E-state index contributed by atoms with van der Waals surface area (Å²) in [5.41, 5.74) is 1.52. The number of nitrogens with one attached hydrogen (secondary N) is 1. The molecule has 1 atom stereocenters. The third kappa shape index (κ3) is 1.64. The molecule has 0 bridgehead atoms. The lowest BCUT2D eigenvalue weighted by Crippen LogP contribution is -2.39. The van der Waals surface area contributed by atoms with Gasteiger partial charge >= 0.3 is 0 Å². The van der Waals surface area contributed by atoms with Crippen molar-refractivity contribution >= 4 is 28.3 Å². The molecule has 3 aromatic rings. The molecule has 0 spiro atoms. The number of carbonyl (C=O) groups excluding carboxylic acids is 2. The predicted molar refractivity (Wildman–Crippen MR) is 79.4 cm³/mol. The van der Waals surface area contributed by atoms with Gasteiger partial charge in [0, 0.05) is 11.1 Å². The van der Waals surface area contributed by atoms with E-state index in [0.29, 0.717) is 16.6 Å². The number of Topliss-reactive ketones (excluding diaryl/α,β-unsaturated/α-hetero) is 2. The number of rotatable bonds is 1. The van der Waals surface area contributed by atoms with Gasteiger partial charge in [-0.3, -0.25) is 15.0 Å². The van der Waals surface area contributed by atoms with Crippen LogP contribution in [0.1, 0.15) is 26.8 Å². The summed E-state index contributed by atoms with van der Waals surface area (Å²) in [6, 6.07) is 12.6. The number of aromatic nitrogens is 3. The minimum atomic E-state index is -1.10. The minimum Gasteiger partial charge on any atom is -0.299 e. The largest absolute Gasteiger partial charge is 0.299 e. The van der Waals surface area contributed by atoms with Gasteiger partial charge in [-0.15, -0.1) is 0 Å². The van der Waals surface area contributed by atoms with Gasteiger partial charge in [0.15, 0.2) is 11.8 Å². The Hall–Kier alpha value is -3.15. The molecule has 1 aliphatic rings. The average molecular weight is 290 g/mol. The first kappa shape index (κ1) is 12.6. The van der Waals surface area contributed by atoms with Crippen LogP contribution in [-0.2, 0) is 0 Å². The van der Waals surface area contributed by atoms with E-state index in [1.807, 2.05) is 12.1 Å². The van der Waals surface area contributed by atoms with Crippen LogP contribution in [0, 0.1) is 5.41 Å². The van der Waals surface area contributed by atoms with E-state index < -0.39 is 11.8 Å². The third-order valence-electron chi connectivity index (χ3n) is 3.74. The first-order valence-corrected chi connectivity index (χ1v) is 6.75. The Labute approximate surface area is 124 Å². The zero-order valence-electron chi connectivity index (χ0n) is 11.4. The Balaban J connectivity index is 1.90. The fraction of sp³-hybridized carbons (Fsp3) is 0.0625. The molecule has 106 valence electrons. The van der Waals surface area contributed by atoms with Crippen molar-refractivity contribution in [3.63, 3.8) is 0 Å². The first-order valence-electron chi connectivity index (χ1n) is 6.75. The van der Waals surface area contributed by atoms with Crippen molar-refractivity contribution in [2.45, 2.75) is 6.04 Å². The Bertz CT molecular complexity index is 924. The molecule has 6 nitrogen and oxygen atoms in total. The van der Waals surface area contributed by atoms with Crippen LogP contribution in [0.2, 0.25) is 0 Å². The quantitative estimate of drug-likeness (QED) is 0.743. The molecule has 6 heteroatoms. The van der Waals surface area contributed by atoms with Crippen LogP contribution >= 0.6 is 0 Å². The average Bonchev–Trinajstić information content (AvgIpc) is 2.96. The molecular formula is C16H10N4O2. The molecule has 0 saturated carbocycles. The number of fused-ring (bicyclic) bond motifs is 2. The zero-order chi connectivity index (χ0) is 15.3. The monoisotopic (exact) mass is 290 g/mol. The summed E-state index contributed by atoms with van der Waals surface area (Å²) in [6.45, 7) is 0. The van der Waals surface area contributed by atoms with Gasteiger partial charge in [-0.05, 0) is 12.1 Å². The Morgan fingerprint density at radius 3 is 2.05 bits per heavy atom. The highest BCUT2D eigenvalue weighted by Crippen LogP contribution is 2.26. The molecule has 1 heterocycles. The maximum absolute atomic E-state index is 12.7. The van der Waals surface area contributed by atoms with Crippen LogP contribution < -0.4 is 0 Å². The van der Waals surface area contributed by atoms with Crippen LogP contribution in [-0.4, -0.2) is 32.3 Å². The van der Waals surface area contributed by atoms with Gasteiger partial charge in [0.2, 0.25) is 5.78 Å². The SMILES string of the molecule is N=C1C(=O)c2ccccc2C(=O)C1n1nc2ccccc2n1. The summed E-state index contributed by atoms with van der Waals surface area (Å²) in [6.07, 6.45) is 0. The van der Waals surface area contributed by atoms with Crippen molar-refractivity contribution < 1.29 is 9.59 Å². The van der Waals surface area contributed by atoms with Gasteiger partial charge in [0.1, 0.15) is 16.7 Å². The van der Waals surface area contributed by atoms with E-state index in [-0.39, 0.29) is 17.1 Å². The molecule has 22 heavy (non-hydrogen) atoms. The van der Waals surface area contributed by atoms with E-state index in [9.17, 15) is 9.59 Å². The summed E-state index contributed by atoms with van der Waals surface area (Å²) in [4.78, 5) is 26.1. The molecule has 1 aliphatic carbocycles. The van der Waals surface area contributed by atoms with E-state index in [1.54, 1.807) is 36.4 Å². The topological polar surface area (TPSA) is 88.7 Å². The van der Waals surface area contributed by atoms with Crippen LogP contribution in [0.3, 0.4) is 0 Å². The second-order valence-electron chi connectivity index (χ2n) is 5.06. The van der Waals surface area contributed by atoms with E-state index >= 15 is 0 Å². The summed E-state index contributed by atoms with van der Waals surface area (Å²) in [7, 11) is 0. The number of hydrogen-bond donors (Lipinski definition) is 1. The van der Waals surface area contributed by atoms with Crippen molar-refractivity contribution in [3.8, 4) is 0 Å². The number of carbonyl (C=O) groups is 2. The van der Waals surface area contributed by atoms with Gasteiger partial charge in [-0.25, -0.2) is 0 Å². The second kappa shape index (κ2) is 4.42. The number of hydrogen-bond acceptors (Lipinski definition) is 5. The fourth-order valence-corrected chi connectivity index (χ4v) is 2.66. The van der Waals surface area contributed by atoms with E-state index in [4.69, 9.17) is 5.41 Å². The molecule has 4 rings (SSSR count). The van der Waals surface area contributed by atoms with Crippen molar-refractivity contribution in [2.24, 2.45) is 0 Å². The summed E-state index contributed by atoms with van der Waals surface area (Å²) in [5, 5.41) is 16.5. The van der Waals surface area contributed by atoms with Gasteiger partial charge in [-0.2, -0.15) is 15.0 Å². The highest BCUT2D eigenvalue weighted by molar-refractivity contribution is 6.53. The Morgan fingerprint density at radius 2 is 1.41 bits per heavy atom. The lowest BCUT2D eigenvalue weighted by atomic mass is 9.85. The predicted octanol–water partition coefficient (Wildman–Crippen LogP) is 2.07. The van der Waals surface area contributed by atoms with Crippen molar-refractivity contribution in [2.75, 3.05) is 0 Å². The molecule has 0 amide bonds. The summed E-state index contributed by atoms with van der Waals surface area (Å²) in [5.74, 6) is -0.790. The molecule has 0 radical (unpaired) electrons. The molecule has 1 aromatic heterocycles. The minimum absolute atomic E-state index is 0.269. The van der Waals surface area contributed by atoms with Crippen LogP contribution in [0.5, 0.6) is 0 Å². The molecule has 2 aromatic carbocycles. The third-order valence-corrected chi connectivity index (χ3v) is 3.74. The fourth-order valence-electron chi connectivity index (χ4n) is 2.66. The van der Waals surface area contributed by atoms with Crippen molar-refractivity contribution in [3.05, 3.63) is 59.7 Å². The summed E-state index contributed by atoms with van der Waals surface area (Å²) < 4.78 is 0. The normalized spacial score (nSPS) is 17.8. The first-order chi connectivity index (χ1) is 10.7. The van der Waals surface area contributed by atoms with E-state index in [2.05, 4.69) is 10.2 Å². The van der Waals surface area contributed by atoms with Crippen molar-refractivity contribution in [1.29, 1.82) is 5.41 Å². The Morgan fingerprint density at radius 1 is 0.864 bits per heavy atom. The molecule has 0 saturated heterocycles. The zero-order valence-corrected chi connectivity index (χ0v) is 11.4. The smallest absolute Gasteiger partial charge is 0.210 e. The maximum atomic E-state index is 12.7. The molecule has 1 unspecified atom stereocenters. The van der Waals surface area contributed by atoms with Gasteiger partial charge < -0.3 is 0 Å². The van der Waals surface area contributed by atoms with E-state index in [1.165, 1.54) is 4.80 Å². The lowest BCUT2D eigenvalue weighted by Gasteiger charge is -2.22.